The lowest BCUT2D eigenvalue weighted by Gasteiger charge is -2.34. The summed E-state index contributed by atoms with van der Waals surface area (Å²) in [5.74, 6) is 0.0962. The summed E-state index contributed by atoms with van der Waals surface area (Å²) in [6, 6.07) is 16.6. The van der Waals surface area contributed by atoms with Crippen LogP contribution in [0.3, 0.4) is 0 Å². The Morgan fingerprint density at radius 1 is 1.00 bits per heavy atom. The lowest BCUT2D eigenvalue weighted by atomic mass is 9.99. The van der Waals surface area contributed by atoms with Gasteiger partial charge in [-0.15, -0.1) is 0 Å². The van der Waals surface area contributed by atoms with Crippen molar-refractivity contribution in [1.29, 1.82) is 0 Å². The molecule has 0 spiro atoms. The van der Waals surface area contributed by atoms with Gasteiger partial charge in [-0.2, -0.15) is 0 Å². The first-order valence-corrected chi connectivity index (χ1v) is 11.5. The third kappa shape index (κ3) is 5.85. The van der Waals surface area contributed by atoms with Crippen molar-refractivity contribution in [2.45, 2.75) is 25.8 Å². The van der Waals surface area contributed by atoms with E-state index in [4.69, 9.17) is 4.74 Å². The van der Waals surface area contributed by atoms with Crippen molar-refractivity contribution >= 4 is 17.3 Å². The van der Waals surface area contributed by atoms with Gasteiger partial charge in [0.15, 0.2) is 0 Å². The van der Waals surface area contributed by atoms with Crippen molar-refractivity contribution in [2.75, 3.05) is 57.8 Å². The third-order valence-electron chi connectivity index (χ3n) is 6.11. The Hall–Kier alpha value is -2.41. The smallest absolute Gasteiger partial charge is 0.234 e. The van der Waals surface area contributed by atoms with Crippen molar-refractivity contribution in [2.24, 2.45) is 0 Å². The van der Waals surface area contributed by atoms with Crippen LogP contribution < -0.4 is 10.6 Å². The molecule has 1 unspecified atom stereocenters. The molecule has 1 amide bonds. The molecule has 0 aliphatic carbocycles. The summed E-state index contributed by atoms with van der Waals surface area (Å²) < 4.78 is 5.60. The number of carbonyl (C=O) groups is 1. The standard InChI is InChI=1S/C25H34N4O2/c1-2-16-31-17-15-28-11-13-29(14-12-28)19-25(30)27-24-18-20-7-3-5-9-22(20)26-23-10-6-4-8-21(23)24/h3-10,24,26H,2,11-19H2,1H3,(H,27,30). The number of nitrogens with one attached hydrogen (secondary N) is 2. The first kappa shape index (κ1) is 21.8. The minimum Gasteiger partial charge on any atom is -0.380 e. The maximum atomic E-state index is 12.9. The average molecular weight is 423 g/mol. The Kier molecular flexibility index (Phi) is 7.57. The van der Waals surface area contributed by atoms with Gasteiger partial charge in [-0.05, 0) is 36.1 Å². The van der Waals surface area contributed by atoms with E-state index in [0.717, 1.165) is 75.7 Å². The summed E-state index contributed by atoms with van der Waals surface area (Å²) >= 11 is 0. The van der Waals surface area contributed by atoms with Gasteiger partial charge >= 0.3 is 0 Å². The van der Waals surface area contributed by atoms with Gasteiger partial charge in [0.1, 0.15) is 0 Å². The number of benzene rings is 2. The van der Waals surface area contributed by atoms with Gasteiger partial charge in [0.05, 0.1) is 19.2 Å². The van der Waals surface area contributed by atoms with Crippen LogP contribution in [0.1, 0.15) is 30.5 Å². The number of hydrogen-bond acceptors (Lipinski definition) is 5. The molecule has 2 aromatic rings. The number of ether oxygens (including phenoxy) is 1. The molecule has 0 saturated carbocycles. The molecule has 0 radical (unpaired) electrons. The molecule has 2 N–H and O–H groups in total. The fourth-order valence-corrected chi connectivity index (χ4v) is 4.39. The summed E-state index contributed by atoms with van der Waals surface area (Å²) in [6.07, 6.45) is 1.85. The fourth-order valence-electron chi connectivity index (χ4n) is 4.39. The average Bonchev–Trinajstić information content (AvgIpc) is 2.94. The van der Waals surface area contributed by atoms with Crippen molar-refractivity contribution in [3.05, 3.63) is 59.7 Å². The third-order valence-corrected chi connectivity index (χ3v) is 6.11. The van der Waals surface area contributed by atoms with Crippen LogP contribution in [0.5, 0.6) is 0 Å². The second-order valence-corrected chi connectivity index (χ2v) is 8.42. The van der Waals surface area contributed by atoms with E-state index < -0.39 is 0 Å². The van der Waals surface area contributed by atoms with Crippen LogP contribution in [0.15, 0.2) is 48.5 Å². The highest BCUT2D eigenvalue weighted by Crippen LogP contribution is 2.34. The van der Waals surface area contributed by atoms with Crippen LogP contribution in [-0.4, -0.2) is 68.2 Å². The highest BCUT2D eigenvalue weighted by atomic mass is 16.5. The second kappa shape index (κ2) is 10.8. The lowest BCUT2D eigenvalue weighted by molar-refractivity contribution is -0.123. The molecule has 1 atom stereocenters. The predicted molar refractivity (Wildman–Crippen MR) is 125 cm³/mol. The fraction of sp³-hybridized carbons (Fsp3) is 0.480. The van der Waals surface area contributed by atoms with Crippen LogP contribution in [0.25, 0.3) is 0 Å². The summed E-state index contributed by atoms with van der Waals surface area (Å²) in [6.45, 7) is 9.03. The SMILES string of the molecule is CCCOCCN1CCN(CC(=O)NC2Cc3ccccc3Nc3ccccc32)CC1. The van der Waals surface area contributed by atoms with Crippen molar-refractivity contribution in [1.82, 2.24) is 15.1 Å². The topological polar surface area (TPSA) is 56.8 Å². The van der Waals surface area contributed by atoms with Crippen molar-refractivity contribution < 1.29 is 9.53 Å². The molecule has 2 aliphatic heterocycles. The molecule has 2 aromatic carbocycles. The van der Waals surface area contributed by atoms with E-state index in [9.17, 15) is 4.79 Å². The van der Waals surface area contributed by atoms with E-state index in [1.165, 1.54) is 5.56 Å². The molecule has 2 aliphatic rings. The van der Waals surface area contributed by atoms with Crippen LogP contribution in [-0.2, 0) is 16.0 Å². The molecule has 166 valence electrons. The molecule has 31 heavy (non-hydrogen) atoms. The van der Waals surface area contributed by atoms with Crippen LogP contribution in [0, 0.1) is 0 Å². The highest BCUT2D eigenvalue weighted by molar-refractivity contribution is 5.79. The van der Waals surface area contributed by atoms with Crippen LogP contribution >= 0.6 is 0 Å². The largest absolute Gasteiger partial charge is 0.380 e. The molecule has 0 bridgehead atoms. The zero-order valence-corrected chi connectivity index (χ0v) is 18.5. The number of amides is 1. The Labute approximate surface area is 185 Å². The maximum Gasteiger partial charge on any atom is 0.234 e. The number of anilines is 2. The Balaban J connectivity index is 1.31. The molecule has 1 fully saturated rings. The van der Waals surface area contributed by atoms with Gasteiger partial charge in [0.2, 0.25) is 5.91 Å². The number of fused-ring (bicyclic) bond motifs is 2. The van der Waals surface area contributed by atoms with E-state index in [0.29, 0.717) is 6.54 Å². The quantitative estimate of drug-likeness (QED) is 0.640. The molecular weight excluding hydrogens is 388 g/mol. The number of para-hydroxylation sites is 2. The van der Waals surface area contributed by atoms with Crippen molar-refractivity contribution in [3.63, 3.8) is 0 Å². The summed E-state index contributed by atoms with van der Waals surface area (Å²) in [4.78, 5) is 17.6. The van der Waals surface area contributed by atoms with Gasteiger partial charge in [0.25, 0.3) is 0 Å². The highest BCUT2D eigenvalue weighted by Gasteiger charge is 2.25. The maximum absolute atomic E-state index is 12.9. The number of hydrogen-bond donors (Lipinski definition) is 2. The molecule has 2 heterocycles. The number of nitrogens with zero attached hydrogens (tertiary/aromatic N) is 2. The van der Waals surface area contributed by atoms with Gasteiger partial charge in [-0.25, -0.2) is 0 Å². The minimum atomic E-state index is -0.0307. The summed E-state index contributed by atoms with van der Waals surface area (Å²) in [5, 5.41) is 6.85. The zero-order valence-electron chi connectivity index (χ0n) is 18.5. The van der Waals surface area contributed by atoms with E-state index in [2.05, 4.69) is 57.7 Å². The zero-order chi connectivity index (χ0) is 21.5. The first-order valence-electron chi connectivity index (χ1n) is 11.5. The minimum absolute atomic E-state index is 0.0307. The number of piperazine rings is 1. The lowest BCUT2D eigenvalue weighted by Crippen LogP contribution is -2.50. The van der Waals surface area contributed by atoms with Gasteiger partial charge < -0.3 is 15.4 Å². The Morgan fingerprint density at radius 3 is 2.52 bits per heavy atom. The van der Waals surface area contributed by atoms with E-state index in [1.54, 1.807) is 0 Å². The molecule has 4 rings (SSSR count). The Morgan fingerprint density at radius 2 is 1.71 bits per heavy atom. The number of rotatable bonds is 8. The summed E-state index contributed by atoms with van der Waals surface area (Å²) in [7, 11) is 0. The monoisotopic (exact) mass is 422 g/mol. The Bertz CT molecular complexity index is 864. The second-order valence-electron chi connectivity index (χ2n) is 8.42. The molecule has 6 heteroatoms. The van der Waals surface area contributed by atoms with E-state index in [-0.39, 0.29) is 11.9 Å². The molecule has 6 nitrogen and oxygen atoms in total. The van der Waals surface area contributed by atoms with Crippen LogP contribution in [0.4, 0.5) is 11.4 Å². The van der Waals surface area contributed by atoms with Gasteiger partial charge in [0, 0.05) is 50.7 Å². The molecular formula is C25H34N4O2. The normalized spacial score (nSPS) is 19.1. The van der Waals surface area contributed by atoms with E-state index >= 15 is 0 Å². The van der Waals surface area contributed by atoms with Gasteiger partial charge in [-0.3, -0.25) is 14.6 Å². The van der Waals surface area contributed by atoms with E-state index in [1.807, 2.05) is 18.2 Å². The van der Waals surface area contributed by atoms with Gasteiger partial charge in [-0.1, -0.05) is 43.3 Å². The molecule has 1 saturated heterocycles. The predicted octanol–water partition coefficient (Wildman–Crippen LogP) is 3.19. The number of carbonyl (C=O) groups excluding carboxylic acids is 1. The van der Waals surface area contributed by atoms with Crippen molar-refractivity contribution in [3.8, 4) is 0 Å². The van der Waals surface area contributed by atoms with Crippen LogP contribution in [0.2, 0.25) is 0 Å². The molecule has 0 aromatic heterocycles. The summed E-state index contributed by atoms with van der Waals surface area (Å²) in [5.41, 5.74) is 4.55. The first-order chi connectivity index (χ1) is 15.2.